The van der Waals surface area contributed by atoms with Crippen LogP contribution >= 0.6 is 0 Å². The van der Waals surface area contributed by atoms with Gasteiger partial charge in [0.25, 0.3) is 0 Å². The summed E-state index contributed by atoms with van der Waals surface area (Å²) in [4.78, 5) is 7.30. The highest BCUT2D eigenvalue weighted by Crippen LogP contribution is 2.31. The fourth-order valence-electron chi connectivity index (χ4n) is 4.37. The molecule has 0 unspecified atom stereocenters. The van der Waals surface area contributed by atoms with Gasteiger partial charge in [-0.2, -0.15) is 9.61 Å². The van der Waals surface area contributed by atoms with Crippen molar-refractivity contribution in [1.29, 1.82) is 0 Å². The van der Waals surface area contributed by atoms with Crippen LogP contribution in [0.4, 0.5) is 5.82 Å². The average molecular weight is 348 g/mol. The number of anilines is 1. The Labute approximate surface area is 155 Å². The summed E-state index contributed by atoms with van der Waals surface area (Å²) in [5, 5.41) is 5.00. The lowest BCUT2D eigenvalue weighted by Gasteiger charge is -2.36. The summed E-state index contributed by atoms with van der Waals surface area (Å²) in [5.41, 5.74) is 6.63. The first-order valence-electron chi connectivity index (χ1n) is 9.61. The van der Waals surface area contributed by atoms with Gasteiger partial charge in [-0.05, 0) is 45.1 Å². The molecule has 0 bridgehead atoms. The molecule has 2 aromatic heterocycles. The van der Waals surface area contributed by atoms with Gasteiger partial charge < -0.3 is 4.90 Å². The second kappa shape index (κ2) is 6.42. The van der Waals surface area contributed by atoms with Crippen LogP contribution in [0.25, 0.3) is 16.9 Å². The number of rotatable bonds is 2. The minimum Gasteiger partial charge on any atom is -0.356 e. The molecule has 0 radical (unpaired) electrons. The van der Waals surface area contributed by atoms with Gasteiger partial charge in [0.15, 0.2) is 5.65 Å². The summed E-state index contributed by atoms with van der Waals surface area (Å²) < 4.78 is 2.06. The van der Waals surface area contributed by atoms with Crippen LogP contribution in [0.2, 0.25) is 0 Å². The van der Waals surface area contributed by atoms with E-state index in [9.17, 15) is 0 Å². The lowest BCUT2D eigenvalue weighted by molar-refractivity contribution is 0.354. The third-order valence-electron chi connectivity index (χ3n) is 5.41. The first kappa shape index (κ1) is 17.1. The van der Waals surface area contributed by atoms with E-state index in [4.69, 9.17) is 10.1 Å². The number of hydrogen-bond acceptors (Lipinski definition) is 3. The van der Waals surface area contributed by atoms with E-state index in [2.05, 4.69) is 74.4 Å². The molecule has 136 valence electrons. The van der Waals surface area contributed by atoms with Crippen molar-refractivity contribution in [3.8, 4) is 11.3 Å². The van der Waals surface area contributed by atoms with Crippen molar-refractivity contribution in [3.05, 3.63) is 47.2 Å². The molecule has 3 aromatic rings. The van der Waals surface area contributed by atoms with Crippen LogP contribution < -0.4 is 4.90 Å². The lowest BCUT2D eigenvalue weighted by Crippen LogP contribution is -2.39. The second-order valence-corrected chi connectivity index (χ2v) is 8.19. The number of nitrogens with zero attached hydrogens (tertiary/aromatic N) is 4. The standard InChI is InChI=1S/C22H28N4/c1-14-7-6-8-19(10-14)21-18(5)22-23-17(4)11-20(26(22)24-21)25-12-15(2)9-16(3)13-25/h6-8,10-11,15-16H,9,12-13H2,1-5H3/t15-,16+. The predicted octanol–water partition coefficient (Wildman–Crippen LogP) is 4.80. The predicted molar refractivity (Wildman–Crippen MR) is 108 cm³/mol. The summed E-state index contributed by atoms with van der Waals surface area (Å²) in [6, 6.07) is 10.7. The van der Waals surface area contributed by atoms with Crippen LogP contribution in [0.3, 0.4) is 0 Å². The Balaban J connectivity index is 1.88. The molecule has 3 heterocycles. The van der Waals surface area contributed by atoms with Gasteiger partial charge in [0.2, 0.25) is 0 Å². The molecule has 1 aliphatic heterocycles. The molecule has 1 fully saturated rings. The van der Waals surface area contributed by atoms with Crippen molar-refractivity contribution < 1.29 is 0 Å². The van der Waals surface area contributed by atoms with Crippen LogP contribution in [-0.4, -0.2) is 27.7 Å². The lowest BCUT2D eigenvalue weighted by atomic mass is 9.92. The van der Waals surface area contributed by atoms with E-state index in [1.54, 1.807) is 0 Å². The Kier molecular flexibility index (Phi) is 4.22. The topological polar surface area (TPSA) is 33.4 Å². The molecular formula is C22H28N4. The summed E-state index contributed by atoms with van der Waals surface area (Å²) in [5.74, 6) is 2.58. The molecule has 0 aliphatic carbocycles. The zero-order chi connectivity index (χ0) is 18.4. The van der Waals surface area contributed by atoms with E-state index in [0.29, 0.717) is 11.8 Å². The molecule has 1 aliphatic rings. The van der Waals surface area contributed by atoms with Crippen molar-refractivity contribution >= 4 is 11.5 Å². The van der Waals surface area contributed by atoms with E-state index in [0.717, 1.165) is 41.3 Å². The zero-order valence-electron chi connectivity index (χ0n) is 16.5. The molecule has 0 spiro atoms. The largest absolute Gasteiger partial charge is 0.356 e. The zero-order valence-corrected chi connectivity index (χ0v) is 16.5. The van der Waals surface area contributed by atoms with Gasteiger partial charge in [-0.3, -0.25) is 0 Å². The normalized spacial score (nSPS) is 20.7. The first-order valence-corrected chi connectivity index (χ1v) is 9.61. The van der Waals surface area contributed by atoms with E-state index < -0.39 is 0 Å². The monoisotopic (exact) mass is 348 g/mol. The Morgan fingerprint density at radius 3 is 2.42 bits per heavy atom. The number of hydrogen-bond donors (Lipinski definition) is 0. The van der Waals surface area contributed by atoms with Gasteiger partial charge >= 0.3 is 0 Å². The van der Waals surface area contributed by atoms with Gasteiger partial charge in [-0.15, -0.1) is 0 Å². The van der Waals surface area contributed by atoms with Gasteiger partial charge in [-0.1, -0.05) is 37.6 Å². The molecule has 2 atom stereocenters. The Morgan fingerprint density at radius 2 is 1.73 bits per heavy atom. The third kappa shape index (κ3) is 2.98. The van der Waals surface area contributed by atoms with Crippen LogP contribution in [0.5, 0.6) is 0 Å². The highest BCUT2D eigenvalue weighted by molar-refractivity contribution is 5.72. The SMILES string of the molecule is Cc1cccc(-c2nn3c(N4C[C@H](C)C[C@H](C)C4)cc(C)nc3c2C)c1. The van der Waals surface area contributed by atoms with Crippen molar-refractivity contribution in [1.82, 2.24) is 14.6 Å². The van der Waals surface area contributed by atoms with Gasteiger partial charge in [0.05, 0.1) is 5.69 Å². The summed E-state index contributed by atoms with van der Waals surface area (Å²) in [6.45, 7) is 13.2. The van der Waals surface area contributed by atoms with Crippen molar-refractivity contribution in [2.24, 2.45) is 11.8 Å². The Bertz CT molecular complexity index is 946. The number of aryl methyl sites for hydroxylation is 3. The molecule has 1 aromatic carbocycles. The fourth-order valence-corrected chi connectivity index (χ4v) is 4.37. The van der Waals surface area contributed by atoms with Gasteiger partial charge in [0.1, 0.15) is 5.82 Å². The molecule has 0 N–H and O–H groups in total. The summed E-state index contributed by atoms with van der Waals surface area (Å²) >= 11 is 0. The minimum absolute atomic E-state index is 0.704. The van der Waals surface area contributed by atoms with E-state index in [1.165, 1.54) is 17.8 Å². The maximum atomic E-state index is 5.00. The van der Waals surface area contributed by atoms with Gasteiger partial charge in [-0.25, -0.2) is 4.98 Å². The molecule has 4 rings (SSSR count). The summed E-state index contributed by atoms with van der Waals surface area (Å²) in [6.07, 6.45) is 1.30. The maximum absolute atomic E-state index is 5.00. The van der Waals surface area contributed by atoms with E-state index in [1.807, 2.05) is 0 Å². The average Bonchev–Trinajstić information content (AvgIpc) is 2.90. The molecule has 1 saturated heterocycles. The van der Waals surface area contributed by atoms with Crippen LogP contribution in [0.15, 0.2) is 30.3 Å². The van der Waals surface area contributed by atoms with E-state index in [-0.39, 0.29) is 0 Å². The third-order valence-corrected chi connectivity index (χ3v) is 5.41. The smallest absolute Gasteiger partial charge is 0.161 e. The van der Waals surface area contributed by atoms with Crippen molar-refractivity contribution in [3.63, 3.8) is 0 Å². The Hall–Kier alpha value is -2.36. The maximum Gasteiger partial charge on any atom is 0.161 e. The number of aromatic nitrogens is 3. The molecule has 4 nitrogen and oxygen atoms in total. The van der Waals surface area contributed by atoms with Gasteiger partial charge in [0, 0.05) is 36.0 Å². The fraction of sp³-hybridized carbons (Fsp3) is 0.455. The molecule has 0 amide bonds. The Morgan fingerprint density at radius 1 is 1.00 bits per heavy atom. The van der Waals surface area contributed by atoms with Crippen molar-refractivity contribution in [2.45, 2.75) is 41.0 Å². The van der Waals surface area contributed by atoms with E-state index >= 15 is 0 Å². The number of fused-ring (bicyclic) bond motifs is 1. The molecule has 26 heavy (non-hydrogen) atoms. The highest BCUT2D eigenvalue weighted by atomic mass is 15.4. The van der Waals surface area contributed by atoms with Crippen molar-refractivity contribution in [2.75, 3.05) is 18.0 Å². The molecule has 4 heteroatoms. The first-order chi connectivity index (χ1) is 12.4. The van der Waals surface area contributed by atoms with Crippen LogP contribution in [0, 0.1) is 32.6 Å². The number of benzene rings is 1. The number of piperidine rings is 1. The van der Waals surface area contributed by atoms with Crippen LogP contribution in [0.1, 0.15) is 37.1 Å². The molecule has 0 saturated carbocycles. The quantitative estimate of drug-likeness (QED) is 0.667. The summed E-state index contributed by atoms with van der Waals surface area (Å²) in [7, 11) is 0. The minimum atomic E-state index is 0.704. The molecular weight excluding hydrogens is 320 g/mol. The second-order valence-electron chi connectivity index (χ2n) is 8.19. The highest BCUT2D eigenvalue weighted by Gasteiger charge is 2.25. The van der Waals surface area contributed by atoms with Crippen LogP contribution in [-0.2, 0) is 0 Å².